The maximum Gasteiger partial charge on any atom is 0.424 e. The van der Waals surface area contributed by atoms with E-state index in [1.807, 2.05) is 0 Å². The number of carbonyl (C=O) groups is 1. The summed E-state index contributed by atoms with van der Waals surface area (Å²) in [4.78, 5) is 10.6. The normalized spacial score (nSPS) is 26.9. The van der Waals surface area contributed by atoms with E-state index in [1.54, 1.807) is 6.26 Å². The number of nitrogens with two attached hydrogens (primary N) is 1. The van der Waals surface area contributed by atoms with Crippen LogP contribution in [-0.2, 0) is 15.5 Å². The summed E-state index contributed by atoms with van der Waals surface area (Å²) in [5, 5.41) is 0.984. The highest BCUT2D eigenvalue weighted by Crippen LogP contribution is 2.07. The number of ether oxygens (including phenoxy) is 1. The fourth-order valence-corrected chi connectivity index (χ4v) is 1.59. The van der Waals surface area contributed by atoms with Crippen LogP contribution < -0.4 is 5.84 Å². The lowest BCUT2D eigenvalue weighted by Crippen LogP contribution is -2.32. The van der Waals surface area contributed by atoms with Crippen LogP contribution in [0.3, 0.4) is 0 Å². The second-order valence-corrected chi connectivity index (χ2v) is 3.88. The molecule has 5 nitrogen and oxygen atoms in total. The van der Waals surface area contributed by atoms with Crippen LogP contribution in [-0.4, -0.2) is 40.0 Å². The van der Waals surface area contributed by atoms with Gasteiger partial charge in [-0.1, -0.05) is 0 Å². The van der Waals surface area contributed by atoms with Gasteiger partial charge in [-0.15, -0.1) is 0 Å². The zero-order valence-electron chi connectivity index (χ0n) is 6.15. The molecule has 0 aromatic heterocycles. The molecule has 0 radical (unpaired) electrons. The smallest absolute Gasteiger partial charge is 0.424 e. The van der Waals surface area contributed by atoms with Crippen LogP contribution >= 0.6 is 0 Å². The van der Waals surface area contributed by atoms with E-state index in [0.717, 1.165) is 5.01 Å². The van der Waals surface area contributed by atoms with Crippen LogP contribution in [0.25, 0.3) is 0 Å². The van der Waals surface area contributed by atoms with Gasteiger partial charge in [0.25, 0.3) is 0 Å². The van der Waals surface area contributed by atoms with Crippen molar-refractivity contribution < 1.29 is 13.7 Å². The van der Waals surface area contributed by atoms with Crippen molar-refractivity contribution in [2.75, 3.05) is 18.6 Å². The van der Waals surface area contributed by atoms with E-state index in [0.29, 0.717) is 12.3 Å². The third-order valence-corrected chi connectivity index (χ3v) is 2.16. The van der Waals surface area contributed by atoms with Gasteiger partial charge in [0, 0.05) is 17.1 Å². The Hall–Kier alpha value is -0.620. The summed E-state index contributed by atoms with van der Waals surface area (Å²) in [7, 11) is -0.945. The van der Waals surface area contributed by atoms with Crippen molar-refractivity contribution in [2.45, 2.75) is 6.10 Å². The molecule has 1 aliphatic heterocycles. The second-order valence-electron chi connectivity index (χ2n) is 2.40. The highest BCUT2D eigenvalue weighted by atomic mass is 32.2. The molecule has 2 atom stereocenters. The first-order chi connectivity index (χ1) is 5.09. The molecule has 1 rings (SSSR count). The quantitative estimate of drug-likeness (QED) is 0.437. The number of hydrazine groups is 1. The van der Waals surface area contributed by atoms with Gasteiger partial charge in [-0.3, -0.25) is 4.21 Å². The minimum atomic E-state index is -0.945. The Bertz CT molecular complexity index is 194. The maximum atomic E-state index is 10.7. The maximum absolute atomic E-state index is 10.7. The van der Waals surface area contributed by atoms with Crippen LogP contribution in [0.2, 0.25) is 0 Å². The van der Waals surface area contributed by atoms with Gasteiger partial charge in [0.2, 0.25) is 0 Å². The van der Waals surface area contributed by atoms with Gasteiger partial charge in [-0.05, 0) is 0 Å². The van der Waals surface area contributed by atoms with E-state index in [9.17, 15) is 9.00 Å². The van der Waals surface area contributed by atoms with Gasteiger partial charge in [0.15, 0.2) is 0 Å². The first-order valence-electron chi connectivity index (χ1n) is 3.12. The van der Waals surface area contributed by atoms with E-state index >= 15 is 0 Å². The Balaban J connectivity index is 2.41. The van der Waals surface area contributed by atoms with Gasteiger partial charge >= 0.3 is 6.09 Å². The first kappa shape index (κ1) is 8.48. The summed E-state index contributed by atoms with van der Waals surface area (Å²) in [6.45, 7) is 0.332. The SMILES string of the molecule is CS(=O)CC1CN(N)C(=O)O1. The summed E-state index contributed by atoms with van der Waals surface area (Å²) < 4.78 is 15.4. The Labute approximate surface area is 66.9 Å². The number of cyclic esters (lactones) is 1. The monoisotopic (exact) mass is 178 g/mol. The Morgan fingerprint density at radius 3 is 2.91 bits per heavy atom. The molecule has 0 saturated carbocycles. The van der Waals surface area contributed by atoms with Crippen LogP contribution in [0.4, 0.5) is 4.79 Å². The summed E-state index contributed by atoms with van der Waals surface area (Å²) in [6, 6.07) is 0. The summed E-state index contributed by atoms with van der Waals surface area (Å²) in [5.41, 5.74) is 0. The minimum Gasteiger partial charge on any atom is -0.442 e. The number of nitrogens with zero attached hydrogens (tertiary/aromatic N) is 1. The van der Waals surface area contributed by atoms with Crippen molar-refractivity contribution in [3.63, 3.8) is 0 Å². The predicted molar refractivity (Wildman–Crippen MR) is 40.1 cm³/mol. The average Bonchev–Trinajstić information content (AvgIpc) is 2.10. The zero-order valence-corrected chi connectivity index (χ0v) is 6.97. The van der Waals surface area contributed by atoms with E-state index in [2.05, 4.69) is 0 Å². The molecular formula is C5H10N2O3S. The van der Waals surface area contributed by atoms with Gasteiger partial charge in [-0.25, -0.2) is 15.6 Å². The van der Waals surface area contributed by atoms with E-state index in [-0.39, 0.29) is 6.10 Å². The Morgan fingerprint density at radius 1 is 1.91 bits per heavy atom. The van der Waals surface area contributed by atoms with Crippen molar-refractivity contribution in [1.29, 1.82) is 0 Å². The number of amides is 1. The molecule has 64 valence electrons. The largest absolute Gasteiger partial charge is 0.442 e. The van der Waals surface area contributed by atoms with Crippen molar-refractivity contribution in [3.8, 4) is 0 Å². The molecule has 0 spiro atoms. The fraction of sp³-hybridized carbons (Fsp3) is 0.800. The van der Waals surface area contributed by atoms with Crippen LogP contribution in [0, 0.1) is 0 Å². The van der Waals surface area contributed by atoms with E-state index < -0.39 is 16.9 Å². The van der Waals surface area contributed by atoms with E-state index in [1.165, 1.54) is 0 Å². The van der Waals surface area contributed by atoms with Crippen LogP contribution in [0.1, 0.15) is 0 Å². The molecule has 0 aliphatic carbocycles. The topological polar surface area (TPSA) is 72.6 Å². The summed E-state index contributed by atoms with van der Waals surface area (Å²) >= 11 is 0. The van der Waals surface area contributed by atoms with Crippen molar-refractivity contribution in [1.82, 2.24) is 5.01 Å². The summed E-state index contributed by atoms with van der Waals surface area (Å²) in [6.07, 6.45) is 0.714. The fourth-order valence-electron chi connectivity index (χ4n) is 0.890. The highest BCUT2D eigenvalue weighted by Gasteiger charge is 2.29. The molecule has 0 aromatic rings. The van der Waals surface area contributed by atoms with Crippen molar-refractivity contribution in [3.05, 3.63) is 0 Å². The molecule has 1 aliphatic rings. The van der Waals surface area contributed by atoms with Crippen molar-refractivity contribution in [2.24, 2.45) is 5.84 Å². The molecule has 1 saturated heterocycles. The first-order valence-corrected chi connectivity index (χ1v) is 4.85. The predicted octanol–water partition coefficient (Wildman–Crippen LogP) is -0.941. The standard InChI is InChI=1S/C5H10N2O3S/c1-11(9)3-4-2-7(6)5(8)10-4/h4H,2-3,6H2,1H3. The van der Waals surface area contributed by atoms with Gasteiger partial charge in [0.1, 0.15) is 6.10 Å². The molecule has 11 heavy (non-hydrogen) atoms. The molecule has 6 heteroatoms. The lowest BCUT2D eigenvalue weighted by atomic mass is 10.4. The van der Waals surface area contributed by atoms with Crippen LogP contribution in [0.15, 0.2) is 0 Å². The second kappa shape index (κ2) is 3.19. The lowest BCUT2D eigenvalue weighted by Gasteiger charge is -2.03. The van der Waals surface area contributed by atoms with E-state index in [4.69, 9.17) is 10.6 Å². The molecule has 0 aromatic carbocycles. The molecule has 0 bridgehead atoms. The number of hydrogen-bond donors (Lipinski definition) is 1. The van der Waals surface area contributed by atoms with Gasteiger partial charge in [0.05, 0.1) is 12.3 Å². The third kappa shape index (κ3) is 2.16. The molecule has 1 heterocycles. The number of carbonyl (C=O) groups excluding carboxylic acids is 1. The highest BCUT2D eigenvalue weighted by molar-refractivity contribution is 7.84. The lowest BCUT2D eigenvalue weighted by molar-refractivity contribution is 0.139. The summed E-state index contributed by atoms with van der Waals surface area (Å²) in [5.74, 6) is 5.56. The minimum absolute atomic E-state index is 0.307. The third-order valence-electron chi connectivity index (χ3n) is 1.32. The Morgan fingerprint density at radius 2 is 2.55 bits per heavy atom. The molecular weight excluding hydrogens is 168 g/mol. The molecule has 2 N–H and O–H groups in total. The molecule has 1 fully saturated rings. The number of hydrogen-bond acceptors (Lipinski definition) is 4. The van der Waals surface area contributed by atoms with Gasteiger partial charge < -0.3 is 4.74 Å². The zero-order chi connectivity index (χ0) is 8.43. The van der Waals surface area contributed by atoms with Crippen LogP contribution in [0.5, 0.6) is 0 Å². The van der Waals surface area contributed by atoms with Gasteiger partial charge in [-0.2, -0.15) is 0 Å². The van der Waals surface area contributed by atoms with Crippen molar-refractivity contribution >= 4 is 16.9 Å². The number of rotatable bonds is 2. The Kier molecular flexibility index (Phi) is 2.45. The average molecular weight is 178 g/mol. The molecule has 1 amide bonds. The molecule has 2 unspecified atom stereocenters.